The number of aliphatic hydroxyl groups excluding tert-OH is 4. The van der Waals surface area contributed by atoms with Crippen molar-refractivity contribution in [2.75, 3.05) is 6.61 Å². The summed E-state index contributed by atoms with van der Waals surface area (Å²) in [5.74, 6) is 0.158. The van der Waals surface area contributed by atoms with E-state index >= 15 is 0 Å². The first-order valence-corrected chi connectivity index (χ1v) is 10.5. The van der Waals surface area contributed by atoms with Gasteiger partial charge in [-0.3, -0.25) is 4.79 Å². The van der Waals surface area contributed by atoms with E-state index in [9.17, 15) is 30.3 Å². The summed E-state index contributed by atoms with van der Waals surface area (Å²) in [4.78, 5) is 12.1. The second-order valence-electron chi connectivity index (χ2n) is 10.2. The van der Waals surface area contributed by atoms with Crippen molar-refractivity contribution in [2.45, 2.75) is 82.7 Å². The van der Waals surface area contributed by atoms with E-state index in [1.54, 1.807) is 0 Å². The van der Waals surface area contributed by atoms with Crippen LogP contribution >= 0.6 is 0 Å². The number of carbonyl (C=O) groups excluding carboxylic acids is 1. The van der Waals surface area contributed by atoms with Gasteiger partial charge >= 0.3 is 0 Å². The summed E-state index contributed by atoms with van der Waals surface area (Å²) in [6.07, 6.45) is 1.39. The molecule has 6 nitrogen and oxygen atoms in total. The molecule has 0 saturated heterocycles. The van der Waals surface area contributed by atoms with Crippen molar-refractivity contribution in [3.63, 3.8) is 0 Å². The standard InChI is InChI=1S/C21H34O6/c1-19-7-6-14(23)18(26)13(19)4-3-11-12-5-8-21(27,16(25)10-22)20(12,2)9-15(24)17(11)19/h11-13,15-18,22,24-27H,3-10H2,1-2H3/t11-,12-,13?,15-,16+,17?,18?,19-,20?,21-/m0/s1. The third kappa shape index (κ3) is 2.40. The lowest BCUT2D eigenvalue weighted by Crippen LogP contribution is -2.65. The molecule has 4 unspecified atom stereocenters. The molecule has 4 aliphatic carbocycles. The lowest BCUT2D eigenvalue weighted by atomic mass is 9.43. The molecule has 0 aromatic rings. The molecule has 0 aromatic carbocycles. The number of hydrogen-bond acceptors (Lipinski definition) is 6. The van der Waals surface area contributed by atoms with Crippen LogP contribution in [0.15, 0.2) is 0 Å². The Kier molecular flexibility index (Phi) is 4.56. The van der Waals surface area contributed by atoms with Crippen LogP contribution in [0, 0.1) is 34.5 Å². The molecule has 4 rings (SSSR count). The highest BCUT2D eigenvalue weighted by Gasteiger charge is 2.69. The van der Waals surface area contributed by atoms with Crippen LogP contribution in [0.2, 0.25) is 0 Å². The van der Waals surface area contributed by atoms with E-state index in [2.05, 4.69) is 6.92 Å². The largest absolute Gasteiger partial charge is 0.394 e. The van der Waals surface area contributed by atoms with E-state index in [0.717, 1.165) is 19.3 Å². The number of Topliss-reactive ketones (excluding diaryl/α,β-unsaturated/α-hetero) is 1. The number of rotatable bonds is 2. The first-order chi connectivity index (χ1) is 12.6. The van der Waals surface area contributed by atoms with E-state index in [1.165, 1.54) is 0 Å². The molecule has 0 radical (unpaired) electrons. The monoisotopic (exact) mass is 382 g/mol. The minimum Gasteiger partial charge on any atom is -0.394 e. The van der Waals surface area contributed by atoms with Gasteiger partial charge in [0.05, 0.1) is 18.3 Å². The summed E-state index contributed by atoms with van der Waals surface area (Å²) in [6, 6.07) is 0. The molecule has 0 aliphatic heterocycles. The smallest absolute Gasteiger partial charge is 0.161 e. The second kappa shape index (κ2) is 6.23. The highest BCUT2D eigenvalue weighted by atomic mass is 16.4. The average molecular weight is 382 g/mol. The molecule has 0 aromatic heterocycles. The molecule has 0 bridgehead atoms. The Balaban J connectivity index is 1.70. The van der Waals surface area contributed by atoms with Gasteiger partial charge in [-0.05, 0) is 67.6 Å². The summed E-state index contributed by atoms with van der Waals surface area (Å²) in [5, 5.41) is 52.9. The molecule has 0 heterocycles. The molecule has 5 N–H and O–H groups in total. The van der Waals surface area contributed by atoms with Gasteiger partial charge in [0.25, 0.3) is 0 Å². The van der Waals surface area contributed by atoms with Crippen LogP contribution in [0.4, 0.5) is 0 Å². The number of fused-ring (bicyclic) bond motifs is 5. The fraction of sp³-hybridized carbons (Fsp3) is 0.952. The van der Waals surface area contributed by atoms with Crippen LogP contribution in [-0.2, 0) is 4.79 Å². The van der Waals surface area contributed by atoms with Gasteiger partial charge in [0.15, 0.2) is 5.78 Å². The predicted molar refractivity (Wildman–Crippen MR) is 97.6 cm³/mol. The fourth-order valence-electron chi connectivity index (χ4n) is 8.00. The summed E-state index contributed by atoms with van der Waals surface area (Å²) >= 11 is 0. The zero-order valence-electron chi connectivity index (χ0n) is 16.3. The van der Waals surface area contributed by atoms with Crippen molar-refractivity contribution in [3.8, 4) is 0 Å². The molecule has 0 spiro atoms. The van der Waals surface area contributed by atoms with Crippen LogP contribution in [0.5, 0.6) is 0 Å². The molecule has 4 fully saturated rings. The third-order valence-corrected chi connectivity index (χ3v) is 9.43. The van der Waals surface area contributed by atoms with Crippen molar-refractivity contribution in [1.29, 1.82) is 0 Å². The van der Waals surface area contributed by atoms with Gasteiger partial charge in [-0.2, -0.15) is 0 Å². The van der Waals surface area contributed by atoms with E-state index in [1.807, 2.05) is 6.92 Å². The number of ketones is 1. The Bertz CT molecular complexity index is 624. The molecular formula is C21H34O6. The van der Waals surface area contributed by atoms with E-state index < -0.39 is 35.9 Å². The Morgan fingerprint density at radius 3 is 2.48 bits per heavy atom. The fourth-order valence-corrected chi connectivity index (χ4v) is 8.00. The van der Waals surface area contributed by atoms with Crippen LogP contribution in [0.25, 0.3) is 0 Å². The Labute approximate surface area is 160 Å². The topological polar surface area (TPSA) is 118 Å². The van der Waals surface area contributed by atoms with Crippen LogP contribution in [0.3, 0.4) is 0 Å². The normalized spacial score (nSPS) is 56.2. The molecule has 154 valence electrons. The van der Waals surface area contributed by atoms with E-state index in [4.69, 9.17) is 0 Å². The molecule has 10 atom stereocenters. The Hall–Kier alpha value is -0.530. The maximum absolute atomic E-state index is 12.1. The molecule has 27 heavy (non-hydrogen) atoms. The summed E-state index contributed by atoms with van der Waals surface area (Å²) in [7, 11) is 0. The number of hydrogen-bond donors (Lipinski definition) is 5. The van der Waals surface area contributed by atoms with E-state index in [0.29, 0.717) is 25.7 Å². The van der Waals surface area contributed by atoms with Gasteiger partial charge in [0.1, 0.15) is 12.2 Å². The van der Waals surface area contributed by atoms with Gasteiger partial charge in [0.2, 0.25) is 0 Å². The second-order valence-corrected chi connectivity index (χ2v) is 10.2. The lowest BCUT2D eigenvalue weighted by molar-refractivity contribution is -0.227. The van der Waals surface area contributed by atoms with Gasteiger partial charge in [-0.25, -0.2) is 0 Å². The van der Waals surface area contributed by atoms with Crippen LogP contribution in [0.1, 0.15) is 58.8 Å². The van der Waals surface area contributed by atoms with Crippen molar-refractivity contribution in [3.05, 3.63) is 0 Å². The predicted octanol–water partition coefficient (Wildman–Crippen LogP) is 0.624. The summed E-state index contributed by atoms with van der Waals surface area (Å²) in [5.41, 5.74) is -2.33. The minimum absolute atomic E-state index is 0.00862. The van der Waals surface area contributed by atoms with E-state index in [-0.39, 0.29) is 34.9 Å². The zero-order valence-corrected chi connectivity index (χ0v) is 16.3. The number of carbonyl (C=O) groups is 1. The van der Waals surface area contributed by atoms with Crippen LogP contribution in [-0.4, -0.2) is 61.8 Å². The van der Waals surface area contributed by atoms with Crippen molar-refractivity contribution in [1.82, 2.24) is 0 Å². The van der Waals surface area contributed by atoms with Crippen LogP contribution < -0.4 is 0 Å². The highest BCUT2D eigenvalue weighted by molar-refractivity contribution is 5.84. The zero-order chi connectivity index (χ0) is 19.8. The first kappa shape index (κ1) is 19.8. The third-order valence-electron chi connectivity index (χ3n) is 9.43. The summed E-state index contributed by atoms with van der Waals surface area (Å²) in [6.45, 7) is 3.59. The Morgan fingerprint density at radius 1 is 1.11 bits per heavy atom. The van der Waals surface area contributed by atoms with Gasteiger partial charge in [-0.1, -0.05) is 13.8 Å². The maximum Gasteiger partial charge on any atom is 0.161 e. The lowest BCUT2D eigenvalue weighted by Gasteiger charge is -2.63. The first-order valence-electron chi connectivity index (χ1n) is 10.5. The minimum atomic E-state index is -1.39. The van der Waals surface area contributed by atoms with Gasteiger partial charge < -0.3 is 25.5 Å². The number of aliphatic hydroxyl groups is 5. The molecule has 4 aliphatic rings. The maximum atomic E-state index is 12.1. The SMILES string of the molecule is CC12C[C@H](O)C3[C@@H](CCC4C(O)C(=O)CC[C@@]43C)[C@@H]1CC[C@]2(O)[C@H](O)CO. The van der Waals surface area contributed by atoms with Crippen molar-refractivity contribution < 1.29 is 30.3 Å². The quantitative estimate of drug-likeness (QED) is 0.478. The Morgan fingerprint density at radius 2 is 1.81 bits per heavy atom. The highest BCUT2D eigenvalue weighted by Crippen LogP contribution is 2.68. The van der Waals surface area contributed by atoms with Gasteiger partial charge in [-0.15, -0.1) is 0 Å². The average Bonchev–Trinajstić information content (AvgIpc) is 2.89. The molecule has 0 amide bonds. The molecule has 6 heteroatoms. The summed E-state index contributed by atoms with van der Waals surface area (Å²) < 4.78 is 0. The molecule has 4 saturated carbocycles. The van der Waals surface area contributed by atoms with Gasteiger partial charge in [0, 0.05) is 11.8 Å². The van der Waals surface area contributed by atoms with Crippen molar-refractivity contribution >= 4 is 5.78 Å². The van der Waals surface area contributed by atoms with Crippen molar-refractivity contribution in [2.24, 2.45) is 34.5 Å². The molecular weight excluding hydrogens is 348 g/mol.